The molecule has 2 aliphatic rings. The fourth-order valence-corrected chi connectivity index (χ4v) is 1.98. The number of rotatable bonds is 0. The van der Waals surface area contributed by atoms with Crippen molar-refractivity contribution in [3.8, 4) is 0 Å². The first kappa shape index (κ1) is 8.11. The van der Waals surface area contributed by atoms with Crippen molar-refractivity contribution < 1.29 is 9.47 Å². The molecular formula is C10H16O2. The molecular weight excluding hydrogens is 152 g/mol. The van der Waals surface area contributed by atoms with Gasteiger partial charge in [0.05, 0.1) is 6.10 Å². The molecule has 0 unspecified atom stereocenters. The predicted octanol–water partition coefficient (Wildman–Crippen LogP) is 2.25. The van der Waals surface area contributed by atoms with E-state index in [-0.39, 0.29) is 6.10 Å². The van der Waals surface area contributed by atoms with Crippen LogP contribution in [0.15, 0.2) is 12.3 Å². The molecule has 0 aromatic heterocycles. The number of ether oxygens (including phenoxy) is 2. The molecule has 0 radical (unpaired) electrons. The van der Waals surface area contributed by atoms with E-state index in [1.807, 2.05) is 6.92 Å². The van der Waals surface area contributed by atoms with E-state index in [1.54, 1.807) is 0 Å². The highest BCUT2D eigenvalue weighted by Gasteiger charge is 2.34. The largest absolute Gasteiger partial charge is 0.490 e. The number of hydrogen-bond donors (Lipinski definition) is 0. The van der Waals surface area contributed by atoms with Crippen molar-refractivity contribution in [2.24, 2.45) is 0 Å². The molecule has 1 heterocycles. The minimum absolute atomic E-state index is 0.0874. The Hall–Kier alpha value is -0.500. The third-order valence-corrected chi connectivity index (χ3v) is 2.78. The Labute approximate surface area is 73.5 Å². The first-order valence-electron chi connectivity index (χ1n) is 4.78. The van der Waals surface area contributed by atoms with E-state index in [9.17, 15) is 0 Å². The summed E-state index contributed by atoms with van der Waals surface area (Å²) in [6.45, 7) is 5.85. The summed E-state index contributed by atoms with van der Waals surface area (Å²) in [5, 5.41) is 0. The molecule has 12 heavy (non-hydrogen) atoms. The molecule has 0 aromatic rings. The van der Waals surface area contributed by atoms with Crippen molar-refractivity contribution in [2.45, 2.75) is 50.9 Å². The second kappa shape index (κ2) is 3.09. The Bertz CT molecular complexity index is 188. The summed E-state index contributed by atoms with van der Waals surface area (Å²) >= 11 is 0. The Balaban J connectivity index is 2.02. The van der Waals surface area contributed by atoms with Crippen molar-refractivity contribution in [2.75, 3.05) is 0 Å². The molecule has 68 valence electrons. The molecule has 1 saturated heterocycles. The van der Waals surface area contributed by atoms with Crippen LogP contribution < -0.4 is 0 Å². The molecule has 0 N–H and O–H groups in total. The monoisotopic (exact) mass is 168 g/mol. The molecule has 1 saturated carbocycles. The van der Waals surface area contributed by atoms with Crippen LogP contribution in [0.2, 0.25) is 0 Å². The van der Waals surface area contributed by atoms with Crippen LogP contribution in [0.1, 0.15) is 32.6 Å². The summed E-state index contributed by atoms with van der Waals surface area (Å²) in [6, 6.07) is 0. The molecule has 0 amide bonds. The Morgan fingerprint density at radius 3 is 2.67 bits per heavy atom. The summed E-state index contributed by atoms with van der Waals surface area (Å²) in [5.41, 5.74) is 0. The van der Waals surface area contributed by atoms with Crippen LogP contribution in [0.25, 0.3) is 0 Å². The van der Waals surface area contributed by atoms with Gasteiger partial charge in [0, 0.05) is 0 Å². The van der Waals surface area contributed by atoms with Gasteiger partial charge in [0.2, 0.25) is 0 Å². The zero-order chi connectivity index (χ0) is 8.55. The van der Waals surface area contributed by atoms with Crippen LogP contribution >= 0.6 is 0 Å². The Morgan fingerprint density at radius 2 is 1.92 bits per heavy atom. The van der Waals surface area contributed by atoms with E-state index in [2.05, 4.69) is 6.58 Å². The fraction of sp³-hybridized carbons (Fsp3) is 0.800. The minimum atomic E-state index is 0.0874. The van der Waals surface area contributed by atoms with Gasteiger partial charge in [-0.25, -0.2) is 0 Å². The Morgan fingerprint density at radius 1 is 1.25 bits per heavy atom. The summed E-state index contributed by atoms with van der Waals surface area (Å²) in [4.78, 5) is 0. The molecule has 0 bridgehead atoms. The highest BCUT2D eigenvalue weighted by Crippen LogP contribution is 2.31. The topological polar surface area (TPSA) is 18.5 Å². The van der Waals surface area contributed by atoms with Crippen LogP contribution in [0.4, 0.5) is 0 Å². The molecule has 2 nitrogen and oxygen atoms in total. The van der Waals surface area contributed by atoms with Gasteiger partial charge < -0.3 is 9.47 Å². The lowest BCUT2D eigenvalue weighted by atomic mass is 9.93. The first-order chi connectivity index (χ1) is 5.77. The third kappa shape index (κ3) is 1.36. The van der Waals surface area contributed by atoms with Crippen molar-refractivity contribution in [1.29, 1.82) is 0 Å². The van der Waals surface area contributed by atoms with Gasteiger partial charge >= 0.3 is 0 Å². The average Bonchev–Trinajstić information content (AvgIpc) is 2.07. The second-order valence-electron chi connectivity index (χ2n) is 3.72. The summed E-state index contributed by atoms with van der Waals surface area (Å²) in [7, 11) is 0. The van der Waals surface area contributed by atoms with Crippen LogP contribution in [0, 0.1) is 0 Å². The average molecular weight is 168 g/mol. The van der Waals surface area contributed by atoms with Gasteiger partial charge in [-0.3, -0.25) is 0 Å². The lowest BCUT2D eigenvalue weighted by Gasteiger charge is -2.39. The normalized spacial score (nSPS) is 41.8. The van der Waals surface area contributed by atoms with Crippen molar-refractivity contribution >= 4 is 0 Å². The van der Waals surface area contributed by atoms with Gasteiger partial charge in [-0.05, 0) is 26.2 Å². The van der Waals surface area contributed by atoms with Gasteiger partial charge in [0.1, 0.15) is 18.0 Å². The van der Waals surface area contributed by atoms with Gasteiger partial charge in [0.25, 0.3) is 0 Å². The summed E-state index contributed by atoms with van der Waals surface area (Å²) in [6.07, 6.45) is 5.56. The van der Waals surface area contributed by atoms with Gasteiger partial charge in [-0.1, -0.05) is 13.0 Å². The summed E-state index contributed by atoms with van der Waals surface area (Å²) < 4.78 is 11.5. The van der Waals surface area contributed by atoms with E-state index in [1.165, 1.54) is 12.8 Å². The zero-order valence-corrected chi connectivity index (χ0v) is 7.58. The van der Waals surface area contributed by atoms with E-state index < -0.39 is 0 Å². The Kier molecular flexibility index (Phi) is 2.09. The molecule has 3 atom stereocenters. The van der Waals surface area contributed by atoms with E-state index in [4.69, 9.17) is 9.47 Å². The lowest BCUT2D eigenvalue weighted by Crippen LogP contribution is -2.42. The van der Waals surface area contributed by atoms with Gasteiger partial charge in [-0.15, -0.1) is 0 Å². The molecule has 0 spiro atoms. The number of fused-ring (bicyclic) bond motifs is 1. The van der Waals surface area contributed by atoms with E-state index in [0.717, 1.165) is 18.6 Å². The van der Waals surface area contributed by atoms with Gasteiger partial charge in [0.15, 0.2) is 0 Å². The van der Waals surface area contributed by atoms with Crippen LogP contribution in [0.3, 0.4) is 0 Å². The van der Waals surface area contributed by atoms with Crippen molar-refractivity contribution in [3.63, 3.8) is 0 Å². The zero-order valence-electron chi connectivity index (χ0n) is 7.58. The fourth-order valence-electron chi connectivity index (χ4n) is 1.98. The maximum atomic E-state index is 5.78. The third-order valence-electron chi connectivity index (χ3n) is 2.78. The highest BCUT2D eigenvalue weighted by molar-refractivity contribution is 4.98. The number of hydrogen-bond acceptors (Lipinski definition) is 2. The predicted molar refractivity (Wildman–Crippen MR) is 46.8 cm³/mol. The quantitative estimate of drug-likeness (QED) is 0.552. The smallest absolute Gasteiger partial charge is 0.124 e. The van der Waals surface area contributed by atoms with Crippen LogP contribution in [-0.2, 0) is 9.47 Å². The maximum Gasteiger partial charge on any atom is 0.124 e. The molecule has 2 fully saturated rings. The molecule has 1 aliphatic heterocycles. The minimum Gasteiger partial charge on any atom is -0.490 e. The van der Waals surface area contributed by atoms with Crippen molar-refractivity contribution in [1.82, 2.24) is 0 Å². The van der Waals surface area contributed by atoms with Gasteiger partial charge in [-0.2, -0.15) is 0 Å². The molecule has 1 aliphatic carbocycles. The second-order valence-corrected chi connectivity index (χ2v) is 3.72. The standard InChI is InChI=1S/C10H16O2/c1-7-8(2)12-10-6-4-3-5-9(10)11-7/h8-10H,1,3-6H2,2H3/t8-,9+,10+/m0/s1. The van der Waals surface area contributed by atoms with E-state index in [0.29, 0.717) is 12.2 Å². The van der Waals surface area contributed by atoms with E-state index >= 15 is 0 Å². The SMILES string of the molecule is C=C1O[C@@H]2CCCC[C@H]2O[C@H]1C. The highest BCUT2D eigenvalue weighted by atomic mass is 16.6. The molecule has 2 heteroatoms. The lowest BCUT2D eigenvalue weighted by molar-refractivity contribution is -0.150. The summed E-state index contributed by atoms with van der Waals surface area (Å²) in [5.74, 6) is 0.804. The molecule has 0 aromatic carbocycles. The van der Waals surface area contributed by atoms with Crippen LogP contribution in [-0.4, -0.2) is 18.3 Å². The van der Waals surface area contributed by atoms with Crippen LogP contribution in [0.5, 0.6) is 0 Å². The van der Waals surface area contributed by atoms with Crippen molar-refractivity contribution in [3.05, 3.63) is 12.3 Å². The maximum absolute atomic E-state index is 5.78. The molecule has 2 rings (SSSR count). The first-order valence-corrected chi connectivity index (χ1v) is 4.78.